The highest BCUT2D eigenvalue weighted by Crippen LogP contribution is 2.43. The number of rotatable bonds is 37. The number of hydrogen-bond donors (Lipinski definition) is 2. The Kier molecular flexibility index (Phi) is 39.4. The van der Waals surface area contributed by atoms with Crippen molar-refractivity contribution in [2.24, 2.45) is 5.73 Å². The number of unbranched alkanes of at least 4 members (excludes halogenated alkanes) is 4. The summed E-state index contributed by atoms with van der Waals surface area (Å²) in [6.07, 6.45) is 56.8. The first-order valence-corrected chi connectivity index (χ1v) is 22.5. The van der Waals surface area contributed by atoms with Gasteiger partial charge in [-0.1, -0.05) is 148 Å². The smallest absolute Gasteiger partial charge is 0.462 e. The fraction of sp³-hybridized carbons (Fsp3) is 0.532. The molecule has 0 saturated heterocycles. The van der Waals surface area contributed by atoms with Crippen molar-refractivity contribution in [3.05, 3.63) is 122 Å². The predicted molar refractivity (Wildman–Crippen MR) is 237 cm³/mol. The molecule has 0 aromatic rings. The van der Waals surface area contributed by atoms with Crippen molar-refractivity contribution < 1.29 is 37.6 Å². The Hall–Kier alpha value is -3.59. The van der Waals surface area contributed by atoms with Gasteiger partial charge in [-0.15, -0.1) is 0 Å². The zero-order valence-corrected chi connectivity index (χ0v) is 35.9. The zero-order valence-electron chi connectivity index (χ0n) is 35.0. The number of allylic oxidation sites excluding steroid dienone is 20. The zero-order chi connectivity index (χ0) is 41.8. The van der Waals surface area contributed by atoms with Crippen LogP contribution in [0.3, 0.4) is 0 Å². The number of hydrogen-bond acceptors (Lipinski definition) is 8. The molecule has 57 heavy (non-hydrogen) atoms. The van der Waals surface area contributed by atoms with E-state index in [1.165, 1.54) is 19.3 Å². The number of phosphoric ester groups is 1. The van der Waals surface area contributed by atoms with Gasteiger partial charge in [0.15, 0.2) is 6.10 Å². The third kappa shape index (κ3) is 41.9. The minimum atomic E-state index is -4.42. The summed E-state index contributed by atoms with van der Waals surface area (Å²) < 4.78 is 32.6. The Balaban J connectivity index is 4.43. The monoisotopic (exact) mass is 812 g/mol. The van der Waals surface area contributed by atoms with E-state index in [0.29, 0.717) is 12.8 Å². The van der Waals surface area contributed by atoms with Gasteiger partial charge < -0.3 is 20.1 Å². The van der Waals surface area contributed by atoms with E-state index in [2.05, 4.69) is 117 Å². The molecule has 0 radical (unpaired) electrons. The van der Waals surface area contributed by atoms with Crippen LogP contribution in [-0.2, 0) is 32.7 Å². The maximum atomic E-state index is 12.5. The summed E-state index contributed by atoms with van der Waals surface area (Å²) in [4.78, 5) is 34.8. The van der Waals surface area contributed by atoms with E-state index >= 15 is 0 Å². The molecule has 0 bridgehead atoms. The molecule has 0 aliphatic heterocycles. The molecule has 0 saturated carbocycles. The molecule has 0 aromatic carbocycles. The molecule has 0 aromatic heterocycles. The van der Waals surface area contributed by atoms with Crippen LogP contribution in [-0.4, -0.2) is 49.3 Å². The molecular formula is C47H74NO8P. The maximum Gasteiger partial charge on any atom is 0.472 e. The minimum Gasteiger partial charge on any atom is -0.462 e. The van der Waals surface area contributed by atoms with Crippen molar-refractivity contribution in [2.75, 3.05) is 26.4 Å². The topological polar surface area (TPSA) is 134 Å². The number of carbonyl (C=O) groups is 2. The molecule has 0 amide bonds. The van der Waals surface area contributed by atoms with Crippen LogP contribution < -0.4 is 5.73 Å². The van der Waals surface area contributed by atoms with Crippen LogP contribution in [0.25, 0.3) is 0 Å². The van der Waals surface area contributed by atoms with Crippen molar-refractivity contribution in [3.8, 4) is 0 Å². The first-order chi connectivity index (χ1) is 27.8. The molecule has 0 fully saturated rings. The molecular weight excluding hydrogens is 737 g/mol. The Morgan fingerprint density at radius 3 is 1.44 bits per heavy atom. The second-order valence-electron chi connectivity index (χ2n) is 13.1. The van der Waals surface area contributed by atoms with Crippen LogP contribution in [0.2, 0.25) is 0 Å². The van der Waals surface area contributed by atoms with Crippen molar-refractivity contribution in [3.63, 3.8) is 0 Å². The molecule has 9 nitrogen and oxygen atoms in total. The molecule has 2 atom stereocenters. The van der Waals surface area contributed by atoms with E-state index in [1.54, 1.807) is 0 Å². The Labute approximate surface area is 345 Å². The van der Waals surface area contributed by atoms with Gasteiger partial charge in [0.2, 0.25) is 0 Å². The number of esters is 2. The third-order valence-electron chi connectivity index (χ3n) is 7.85. The van der Waals surface area contributed by atoms with E-state index in [1.807, 2.05) is 18.2 Å². The lowest BCUT2D eigenvalue weighted by Gasteiger charge is -2.19. The van der Waals surface area contributed by atoms with E-state index < -0.39 is 32.5 Å². The van der Waals surface area contributed by atoms with Crippen molar-refractivity contribution in [2.45, 2.75) is 136 Å². The van der Waals surface area contributed by atoms with Gasteiger partial charge in [0, 0.05) is 19.4 Å². The van der Waals surface area contributed by atoms with Gasteiger partial charge in [0.1, 0.15) is 6.61 Å². The average Bonchev–Trinajstić information content (AvgIpc) is 3.20. The molecule has 0 rings (SSSR count). The molecule has 10 heteroatoms. The first-order valence-electron chi connectivity index (χ1n) is 21.0. The molecule has 320 valence electrons. The van der Waals surface area contributed by atoms with Crippen LogP contribution in [0.15, 0.2) is 122 Å². The van der Waals surface area contributed by atoms with Crippen LogP contribution in [0.1, 0.15) is 129 Å². The SMILES string of the molecule is CC/C=C/C/C=C/C/C=C/C/C=C/C/C=C/C/C=C/CCC(=O)O[C@H](COC(=O)CCC/C=C/C/C=C/C/C=C/C/C=C/CCCCC)COP(=O)(O)OCCN. The molecule has 0 heterocycles. The van der Waals surface area contributed by atoms with Gasteiger partial charge in [-0.2, -0.15) is 0 Å². The number of nitrogens with two attached hydrogens (primary N) is 1. The van der Waals surface area contributed by atoms with Gasteiger partial charge in [-0.3, -0.25) is 18.6 Å². The summed E-state index contributed by atoms with van der Waals surface area (Å²) in [6, 6.07) is 0. The lowest BCUT2D eigenvalue weighted by Crippen LogP contribution is -2.29. The number of carbonyl (C=O) groups excluding carboxylic acids is 2. The van der Waals surface area contributed by atoms with Gasteiger partial charge in [0.05, 0.1) is 13.2 Å². The molecule has 3 N–H and O–H groups in total. The molecule has 1 unspecified atom stereocenters. The van der Waals surface area contributed by atoms with Crippen molar-refractivity contribution in [1.29, 1.82) is 0 Å². The van der Waals surface area contributed by atoms with E-state index in [9.17, 15) is 19.0 Å². The molecule has 0 aliphatic rings. The summed E-state index contributed by atoms with van der Waals surface area (Å²) >= 11 is 0. The average molecular weight is 812 g/mol. The number of phosphoric acid groups is 1. The second-order valence-corrected chi connectivity index (χ2v) is 14.6. The van der Waals surface area contributed by atoms with E-state index in [-0.39, 0.29) is 32.6 Å². The van der Waals surface area contributed by atoms with Gasteiger partial charge in [0.25, 0.3) is 0 Å². The largest absolute Gasteiger partial charge is 0.472 e. The summed E-state index contributed by atoms with van der Waals surface area (Å²) in [7, 11) is -4.42. The number of ether oxygens (including phenoxy) is 2. The maximum absolute atomic E-state index is 12.5. The highest BCUT2D eigenvalue weighted by atomic mass is 31.2. The summed E-state index contributed by atoms with van der Waals surface area (Å²) in [5.74, 6) is -1.01. The highest BCUT2D eigenvalue weighted by molar-refractivity contribution is 7.47. The lowest BCUT2D eigenvalue weighted by molar-refractivity contribution is -0.161. The van der Waals surface area contributed by atoms with Crippen molar-refractivity contribution >= 4 is 19.8 Å². The summed E-state index contributed by atoms with van der Waals surface area (Å²) in [6.45, 7) is 3.40. The quantitative estimate of drug-likeness (QED) is 0.0272. The standard InChI is InChI=1S/C47H74NO8P/c1-3-5-7-9-11-13-15-17-19-21-22-24-26-28-30-32-34-36-38-40-47(50)56-45(44-55-57(51,52)54-42-41-48)43-53-46(49)39-37-35-33-31-29-27-25-23-20-18-16-14-12-10-8-6-4-2/h5,7,11-14,17-20,22,24-25,27-28,30-31,33-34,36,45H,3-4,6,8-10,15-16,21,23,26,29,32,35,37-44,48H2,1-2H3,(H,51,52)/b7-5+,13-11+,14-12+,19-17+,20-18+,24-22+,27-25+,30-28+,33-31+,36-34+/t45-/m1/s1. The molecule has 0 aliphatic carbocycles. The van der Waals surface area contributed by atoms with Crippen LogP contribution in [0.5, 0.6) is 0 Å². The van der Waals surface area contributed by atoms with E-state index in [4.69, 9.17) is 24.3 Å². The van der Waals surface area contributed by atoms with Crippen molar-refractivity contribution in [1.82, 2.24) is 0 Å². The predicted octanol–water partition coefficient (Wildman–Crippen LogP) is 12.2. The Bertz CT molecular complexity index is 1340. The Morgan fingerprint density at radius 1 is 0.544 bits per heavy atom. The van der Waals surface area contributed by atoms with Gasteiger partial charge >= 0.3 is 19.8 Å². The minimum absolute atomic E-state index is 0.0274. The van der Waals surface area contributed by atoms with Crippen LogP contribution in [0.4, 0.5) is 0 Å². The van der Waals surface area contributed by atoms with E-state index in [0.717, 1.165) is 70.6 Å². The van der Waals surface area contributed by atoms with Gasteiger partial charge in [-0.25, -0.2) is 4.57 Å². The summed E-state index contributed by atoms with van der Waals surface area (Å²) in [5, 5.41) is 0. The second kappa shape index (κ2) is 42.0. The highest BCUT2D eigenvalue weighted by Gasteiger charge is 2.25. The fourth-order valence-electron chi connectivity index (χ4n) is 4.77. The lowest BCUT2D eigenvalue weighted by atomic mass is 10.2. The third-order valence-corrected chi connectivity index (χ3v) is 8.83. The first kappa shape index (κ1) is 53.4. The van der Waals surface area contributed by atoms with Crippen LogP contribution >= 0.6 is 7.82 Å². The molecule has 0 spiro atoms. The fourth-order valence-corrected chi connectivity index (χ4v) is 5.53. The summed E-state index contributed by atoms with van der Waals surface area (Å²) in [5.41, 5.74) is 5.33. The normalized spacial score (nSPS) is 14.5. The Morgan fingerprint density at radius 2 is 0.982 bits per heavy atom. The van der Waals surface area contributed by atoms with Gasteiger partial charge in [-0.05, 0) is 89.9 Å². The van der Waals surface area contributed by atoms with Crippen LogP contribution in [0, 0.1) is 0 Å².